The molecule has 15 heavy (non-hydrogen) atoms. The summed E-state index contributed by atoms with van der Waals surface area (Å²) in [5, 5.41) is 3.71. The maximum atomic E-state index is 3.71. The highest BCUT2D eigenvalue weighted by Gasteiger charge is 2.36. The van der Waals surface area contributed by atoms with E-state index < -0.39 is 0 Å². The fourth-order valence-corrected chi connectivity index (χ4v) is 3.29. The molecule has 0 saturated heterocycles. The first-order chi connectivity index (χ1) is 7.11. The summed E-state index contributed by atoms with van der Waals surface area (Å²) in [5.74, 6) is 0.895. The molecule has 0 aromatic rings. The SMILES string of the molecule is CCCC(NCC)C1CCCCC1(C)C. The molecule has 1 saturated carbocycles. The summed E-state index contributed by atoms with van der Waals surface area (Å²) in [7, 11) is 0. The van der Waals surface area contributed by atoms with Crippen LogP contribution in [-0.2, 0) is 0 Å². The molecule has 1 nitrogen and oxygen atoms in total. The van der Waals surface area contributed by atoms with Crippen LogP contribution < -0.4 is 5.32 Å². The highest BCUT2D eigenvalue weighted by Crippen LogP contribution is 2.43. The summed E-state index contributed by atoms with van der Waals surface area (Å²) in [6.45, 7) is 10.6. The third kappa shape index (κ3) is 3.48. The first kappa shape index (κ1) is 13.0. The van der Waals surface area contributed by atoms with Crippen molar-refractivity contribution in [3.63, 3.8) is 0 Å². The third-order valence-corrected chi connectivity index (χ3v) is 4.14. The molecule has 1 N–H and O–H groups in total. The second-order valence-corrected chi connectivity index (χ2v) is 5.79. The van der Waals surface area contributed by atoms with Crippen LogP contribution in [0.15, 0.2) is 0 Å². The van der Waals surface area contributed by atoms with Crippen LogP contribution in [0.2, 0.25) is 0 Å². The van der Waals surface area contributed by atoms with Gasteiger partial charge in [-0.1, -0.05) is 47.0 Å². The smallest absolute Gasteiger partial charge is 0.0100 e. The van der Waals surface area contributed by atoms with Crippen molar-refractivity contribution in [1.29, 1.82) is 0 Å². The van der Waals surface area contributed by atoms with Crippen molar-refractivity contribution in [3.05, 3.63) is 0 Å². The Morgan fingerprint density at radius 3 is 2.53 bits per heavy atom. The van der Waals surface area contributed by atoms with Crippen LogP contribution in [0.25, 0.3) is 0 Å². The van der Waals surface area contributed by atoms with Crippen molar-refractivity contribution in [3.8, 4) is 0 Å². The van der Waals surface area contributed by atoms with Gasteiger partial charge in [0.1, 0.15) is 0 Å². The third-order valence-electron chi connectivity index (χ3n) is 4.14. The minimum atomic E-state index is 0.556. The molecule has 0 spiro atoms. The Labute approximate surface area is 96.0 Å². The van der Waals surface area contributed by atoms with Gasteiger partial charge in [0.2, 0.25) is 0 Å². The van der Waals surface area contributed by atoms with E-state index >= 15 is 0 Å². The average molecular weight is 211 g/mol. The molecule has 1 aliphatic carbocycles. The van der Waals surface area contributed by atoms with Gasteiger partial charge in [0.05, 0.1) is 0 Å². The van der Waals surface area contributed by atoms with Gasteiger partial charge in [0.15, 0.2) is 0 Å². The highest BCUT2D eigenvalue weighted by molar-refractivity contribution is 4.90. The number of rotatable bonds is 5. The highest BCUT2D eigenvalue weighted by atomic mass is 14.9. The number of hydrogen-bond donors (Lipinski definition) is 1. The summed E-state index contributed by atoms with van der Waals surface area (Å²) in [5.41, 5.74) is 0.556. The minimum absolute atomic E-state index is 0.556. The van der Waals surface area contributed by atoms with Crippen LogP contribution in [0.1, 0.15) is 66.2 Å². The molecule has 0 heterocycles. The molecule has 1 aliphatic rings. The molecule has 0 amide bonds. The fraction of sp³-hybridized carbons (Fsp3) is 1.00. The molecule has 0 aliphatic heterocycles. The zero-order chi connectivity index (χ0) is 11.3. The van der Waals surface area contributed by atoms with Crippen molar-refractivity contribution in [2.75, 3.05) is 6.54 Å². The first-order valence-corrected chi connectivity index (χ1v) is 6.85. The lowest BCUT2D eigenvalue weighted by atomic mass is 9.65. The van der Waals surface area contributed by atoms with Gasteiger partial charge in [0, 0.05) is 6.04 Å². The van der Waals surface area contributed by atoms with Gasteiger partial charge < -0.3 is 5.32 Å². The Hall–Kier alpha value is -0.0400. The van der Waals surface area contributed by atoms with E-state index in [9.17, 15) is 0 Å². The lowest BCUT2D eigenvalue weighted by Gasteiger charge is -2.43. The Balaban J connectivity index is 2.62. The zero-order valence-corrected chi connectivity index (χ0v) is 11.1. The summed E-state index contributed by atoms with van der Waals surface area (Å²) in [6, 6.07) is 0.760. The van der Waals surface area contributed by atoms with Gasteiger partial charge in [-0.25, -0.2) is 0 Å². The molecule has 1 fully saturated rings. The quantitative estimate of drug-likeness (QED) is 0.725. The van der Waals surface area contributed by atoms with Crippen LogP contribution in [0.4, 0.5) is 0 Å². The molecule has 2 atom stereocenters. The maximum Gasteiger partial charge on any atom is 0.0100 e. The first-order valence-electron chi connectivity index (χ1n) is 6.85. The average Bonchev–Trinajstić information content (AvgIpc) is 2.17. The van der Waals surface area contributed by atoms with E-state index in [-0.39, 0.29) is 0 Å². The van der Waals surface area contributed by atoms with Crippen LogP contribution in [-0.4, -0.2) is 12.6 Å². The molecule has 0 aromatic heterocycles. The molecule has 0 aromatic carbocycles. The van der Waals surface area contributed by atoms with E-state index in [1.165, 1.54) is 38.5 Å². The van der Waals surface area contributed by atoms with Crippen LogP contribution in [0.5, 0.6) is 0 Å². The van der Waals surface area contributed by atoms with Crippen molar-refractivity contribution >= 4 is 0 Å². The summed E-state index contributed by atoms with van der Waals surface area (Å²) >= 11 is 0. The summed E-state index contributed by atoms with van der Waals surface area (Å²) in [6.07, 6.45) is 8.40. The number of nitrogens with one attached hydrogen (secondary N) is 1. The molecule has 1 heteroatoms. The second kappa shape index (κ2) is 5.89. The fourth-order valence-electron chi connectivity index (χ4n) is 3.29. The van der Waals surface area contributed by atoms with E-state index in [0.29, 0.717) is 5.41 Å². The van der Waals surface area contributed by atoms with Crippen LogP contribution in [0.3, 0.4) is 0 Å². The minimum Gasteiger partial charge on any atom is -0.314 e. The van der Waals surface area contributed by atoms with Crippen molar-refractivity contribution in [1.82, 2.24) is 5.32 Å². The molecule has 0 bridgehead atoms. The van der Waals surface area contributed by atoms with E-state index in [2.05, 4.69) is 33.0 Å². The Morgan fingerprint density at radius 2 is 2.00 bits per heavy atom. The Kier molecular flexibility index (Phi) is 5.11. The van der Waals surface area contributed by atoms with E-state index in [1.807, 2.05) is 0 Å². The van der Waals surface area contributed by atoms with Gasteiger partial charge in [-0.05, 0) is 37.1 Å². The summed E-state index contributed by atoms with van der Waals surface area (Å²) in [4.78, 5) is 0. The molecule has 0 radical (unpaired) electrons. The largest absolute Gasteiger partial charge is 0.314 e. The monoisotopic (exact) mass is 211 g/mol. The molecule has 90 valence electrons. The van der Waals surface area contributed by atoms with Gasteiger partial charge in [-0.3, -0.25) is 0 Å². The topological polar surface area (TPSA) is 12.0 Å². The van der Waals surface area contributed by atoms with E-state index in [1.54, 1.807) is 0 Å². The van der Waals surface area contributed by atoms with Gasteiger partial charge >= 0.3 is 0 Å². The van der Waals surface area contributed by atoms with Crippen molar-refractivity contribution < 1.29 is 0 Å². The van der Waals surface area contributed by atoms with Gasteiger partial charge in [0.25, 0.3) is 0 Å². The van der Waals surface area contributed by atoms with Crippen LogP contribution >= 0.6 is 0 Å². The molecular weight excluding hydrogens is 182 g/mol. The Bertz CT molecular complexity index is 168. The van der Waals surface area contributed by atoms with E-state index in [4.69, 9.17) is 0 Å². The van der Waals surface area contributed by atoms with Crippen LogP contribution in [0, 0.1) is 11.3 Å². The standard InChI is InChI=1S/C14H29N/c1-5-9-13(15-6-2)12-10-7-8-11-14(12,3)4/h12-13,15H,5-11H2,1-4H3. The predicted octanol–water partition coefficient (Wildman–Crippen LogP) is 3.98. The van der Waals surface area contributed by atoms with E-state index in [0.717, 1.165) is 18.5 Å². The second-order valence-electron chi connectivity index (χ2n) is 5.79. The zero-order valence-electron chi connectivity index (χ0n) is 11.1. The summed E-state index contributed by atoms with van der Waals surface area (Å²) < 4.78 is 0. The van der Waals surface area contributed by atoms with Crippen molar-refractivity contribution in [2.45, 2.75) is 72.3 Å². The molecule has 1 rings (SSSR count). The predicted molar refractivity (Wildman–Crippen MR) is 68.1 cm³/mol. The lowest BCUT2D eigenvalue weighted by molar-refractivity contribution is 0.0950. The van der Waals surface area contributed by atoms with Crippen molar-refractivity contribution in [2.24, 2.45) is 11.3 Å². The maximum absolute atomic E-state index is 3.71. The lowest BCUT2D eigenvalue weighted by Crippen LogP contribution is -2.44. The van der Waals surface area contributed by atoms with Gasteiger partial charge in [-0.2, -0.15) is 0 Å². The number of hydrogen-bond acceptors (Lipinski definition) is 1. The van der Waals surface area contributed by atoms with Gasteiger partial charge in [-0.15, -0.1) is 0 Å². The Morgan fingerprint density at radius 1 is 1.27 bits per heavy atom. The normalized spacial score (nSPS) is 27.6. The molecular formula is C14H29N. The molecule has 2 unspecified atom stereocenters.